The molecule has 0 saturated heterocycles. The first-order valence-corrected chi connectivity index (χ1v) is 3.19. The zero-order chi connectivity index (χ0) is 7.78. The molecule has 3 nitrogen and oxygen atoms in total. The van der Waals surface area contributed by atoms with Gasteiger partial charge in [-0.05, 0) is 18.2 Å². The molecule has 56 valence electrons. The van der Waals surface area contributed by atoms with Crippen LogP contribution >= 0.6 is 0 Å². The average Bonchev–Trinajstić information content (AvgIpc) is 2.64. The zero-order valence-electron chi connectivity index (χ0n) is 5.92. The predicted molar refractivity (Wildman–Crippen MR) is 40.7 cm³/mol. The van der Waals surface area contributed by atoms with Gasteiger partial charge in [-0.25, -0.2) is 0 Å². The van der Waals surface area contributed by atoms with Crippen molar-refractivity contribution in [2.45, 2.75) is 0 Å². The molecule has 2 rings (SSSR count). The summed E-state index contributed by atoms with van der Waals surface area (Å²) in [5.74, 6) is 0. The molecule has 11 heavy (non-hydrogen) atoms. The van der Waals surface area contributed by atoms with Crippen LogP contribution in [0.5, 0.6) is 0 Å². The molecule has 2 aromatic heterocycles. The summed E-state index contributed by atoms with van der Waals surface area (Å²) < 4.78 is 4.33. The van der Waals surface area contributed by atoms with Crippen LogP contribution in [-0.2, 0) is 0 Å². The smallest absolute Gasteiger partial charge is 0.123 e. The minimum absolute atomic E-state index is 1.51. The van der Waals surface area contributed by atoms with E-state index in [-0.39, 0.29) is 0 Å². The van der Waals surface area contributed by atoms with Crippen LogP contribution in [0, 0.1) is 0 Å². The highest BCUT2D eigenvalue weighted by molar-refractivity contribution is 4.88. The predicted octanol–water partition coefficient (Wildman–Crippen LogP) is 1.76. The number of rotatable bonds is 0. The van der Waals surface area contributed by atoms with Gasteiger partial charge in [0.1, 0.15) is 6.26 Å². The van der Waals surface area contributed by atoms with E-state index >= 15 is 0 Å². The van der Waals surface area contributed by atoms with Gasteiger partial charge in [-0.1, -0.05) is 11.2 Å². The SMILES string of the molecule is c1ccncc1.c1cnoc1. The number of pyridine rings is 1. The van der Waals surface area contributed by atoms with Crippen molar-refractivity contribution < 1.29 is 4.52 Å². The van der Waals surface area contributed by atoms with E-state index in [9.17, 15) is 0 Å². The largest absolute Gasteiger partial charge is 0.365 e. The Morgan fingerprint density at radius 1 is 0.818 bits per heavy atom. The maximum Gasteiger partial charge on any atom is 0.123 e. The quantitative estimate of drug-likeness (QED) is 0.571. The molecule has 0 radical (unpaired) electrons. The third-order valence-electron chi connectivity index (χ3n) is 0.914. The van der Waals surface area contributed by atoms with Gasteiger partial charge in [0.05, 0.1) is 6.20 Å². The van der Waals surface area contributed by atoms with Crippen LogP contribution in [-0.4, -0.2) is 10.1 Å². The van der Waals surface area contributed by atoms with E-state index in [1.165, 1.54) is 6.26 Å². The van der Waals surface area contributed by atoms with E-state index < -0.39 is 0 Å². The molecule has 0 saturated carbocycles. The van der Waals surface area contributed by atoms with Crippen molar-refractivity contribution in [2.24, 2.45) is 0 Å². The second-order valence-electron chi connectivity index (χ2n) is 1.71. The highest BCUT2D eigenvalue weighted by Gasteiger charge is 1.60. The summed E-state index contributed by atoms with van der Waals surface area (Å²) in [6.45, 7) is 0. The molecule has 0 aliphatic carbocycles. The number of aromatic nitrogens is 2. The third kappa shape index (κ3) is 3.86. The Morgan fingerprint density at radius 2 is 1.64 bits per heavy atom. The molecule has 0 amide bonds. The molecule has 0 unspecified atom stereocenters. The summed E-state index contributed by atoms with van der Waals surface area (Å²) in [6, 6.07) is 7.44. The fourth-order valence-corrected chi connectivity index (χ4v) is 0.488. The number of hydrogen-bond acceptors (Lipinski definition) is 3. The lowest BCUT2D eigenvalue weighted by atomic mass is 10.5. The van der Waals surface area contributed by atoms with E-state index in [2.05, 4.69) is 14.7 Å². The molecule has 0 atom stereocenters. The molecular weight excluding hydrogens is 140 g/mol. The maximum atomic E-state index is 4.33. The average molecular weight is 148 g/mol. The fraction of sp³-hybridized carbons (Fsp3) is 0. The highest BCUT2D eigenvalue weighted by Crippen LogP contribution is 1.73. The van der Waals surface area contributed by atoms with Gasteiger partial charge >= 0.3 is 0 Å². The normalized spacial score (nSPS) is 8.00. The van der Waals surface area contributed by atoms with Crippen molar-refractivity contribution in [1.82, 2.24) is 10.1 Å². The molecule has 0 aromatic carbocycles. The van der Waals surface area contributed by atoms with Gasteiger partial charge < -0.3 is 4.52 Å². The lowest BCUT2D eigenvalue weighted by Crippen LogP contribution is -1.58. The lowest BCUT2D eigenvalue weighted by molar-refractivity contribution is 0.420. The maximum absolute atomic E-state index is 4.33. The summed E-state index contributed by atoms with van der Waals surface area (Å²) in [5.41, 5.74) is 0. The molecule has 2 heterocycles. The zero-order valence-corrected chi connectivity index (χ0v) is 5.92. The summed E-state index contributed by atoms with van der Waals surface area (Å²) in [6.07, 6.45) is 6.60. The van der Waals surface area contributed by atoms with Crippen LogP contribution in [0.3, 0.4) is 0 Å². The van der Waals surface area contributed by atoms with Gasteiger partial charge in [-0.2, -0.15) is 0 Å². The van der Waals surface area contributed by atoms with Crippen molar-refractivity contribution >= 4 is 0 Å². The van der Waals surface area contributed by atoms with Crippen molar-refractivity contribution in [2.75, 3.05) is 0 Å². The summed E-state index contributed by atoms with van der Waals surface area (Å²) in [4.78, 5) is 3.78. The first-order chi connectivity index (χ1) is 5.50. The standard InChI is InChI=1S/C5H5N.C3H3NO/c1-2-4-6-5-3-1;1-2-4-5-3-1/h1-5H;1-3H. The summed E-state index contributed by atoms with van der Waals surface area (Å²) >= 11 is 0. The van der Waals surface area contributed by atoms with Crippen molar-refractivity contribution in [3.05, 3.63) is 49.1 Å². The Hall–Kier alpha value is -1.64. The van der Waals surface area contributed by atoms with Crippen LogP contribution < -0.4 is 0 Å². The van der Waals surface area contributed by atoms with Crippen molar-refractivity contribution in [1.29, 1.82) is 0 Å². The van der Waals surface area contributed by atoms with Crippen LogP contribution in [0.4, 0.5) is 0 Å². The van der Waals surface area contributed by atoms with E-state index in [1.807, 2.05) is 18.2 Å². The summed E-state index contributed by atoms with van der Waals surface area (Å²) in [5, 5.41) is 3.35. The minimum Gasteiger partial charge on any atom is -0.365 e. The van der Waals surface area contributed by atoms with Gasteiger partial charge in [0.25, 0.3) is 0 Å². The monoisotopic (exact) mass is 148 g/mol. The van der Waals surface area contributed by atoms with E-state index in [0.29, 0.717) is 0 Å². The topological polar surface area (TPSA) is 38.9 Å². The molecule has 0 bridgehead atoms. The molecule has 0 fully saturated rings. The minimum atomic E-state index is 1.51. The van der Waals surface area contributed by atoms with E-state index in [4.69, 9.17) is 0 Å². The number of hydrogen-bond donors (Lipinski definition) is 0. The van der Waals surface area contributed by atoms with Gasteiger partial charge in [0.2, 0.25) is 0 Å². The van der Waals surface area contributed by atoms with Gasteiger partial charge in [0.15, 0.2) is 0 Å². The molecule has 2 aromatic rings. The van der Waals surface area contributed by atoms with Crippen molar-refractivity contribution in [3.63, 3.8) is 0 Å². The first-order valence-electron chi connectivity index (χ1n) is 3.19. The Labute approximate surface area is 64.7 Å². The van der Waals surface area contributed by atoms with Gasteiger partial charge in [-0.3, -0.25) is 4.98 Å². The van der Waals surface area contributed by atoms with Crippen molar-refractivity contribution in [3.8, 4) is 0 Å². The molecule has 0 aliphatic heterocycles. The Morgan fingerprint density at radius 3 is 1.82 bits per heavy atom. The fourth-order valence-electron chi connectivity index (χ4n) is 0.488. The first kappa shape index (κ1) is 7.47. The second kappa shape index (κ2) is 5.17. The Bertz CT molecular complexity index is 198. The molecule has 0 aliphatic rings. The van der Waals surface area contributed by atoms with E-state index in [1.54, 1.807) is 24.7 Å². The summed E-state index contributed by atoms with van der Waals surface area (Å²) in [7, 11) is 0. The molecule has 0 N–H and O–H groups in total. The molecular formula is C8H8N2O. The van der Waals surface area contributed by atoms with Crippen LogP contribution in [0.15, 0.2) is 53.6 Å². The third-order valence-corrected chi connectivity index (χ3v) is 0.914. The van der Waals surface area contributed by atoms with Crippen LogP contribution in [0.25, 0.3) is 0 Å². The van der Waals surface area contributed by atoms with Crippen LogP contribution in [0.1, 0.15) is 0 Å². The Balaban J connectivity index is 0.000000112. The van der Waals surface area contributed by atoms with Crippen LogP contribution in [0.2, 0.25) is 0 Å². The van der Waals surface area contributed by atoms with Gasteiger partial charge in [0, 0.05) is 12.4 Å². The lowest BCUT2D eigenvalue weighted by Gasteiger charge is -1.70. The molecule has 0 spiro atoms. The number of nitrogens with zero attached hydrogens (tertiary/aromatic N) is 2. The highest BCUT2D eigenvalue weighted by atomic mass is 16.5. The second-order valence-corrected chi connectivity index (χ2v) is 1.71. The Kier molecular flexibility index (Phi) is 3.51. The van der Waals surface area contributed by atoms with Gasteiger partial charge in [-0.15, -0.1) is 0 Å². The van der Waals surface area contributed by atoms with E-state index in [0.717, 1.165) is 0 Å². The molecule has 3 heteroatoms.